The summed E-state index contributed by atoms with van der Waals surface area (Å²) >= 11 is 0. The third-order valence-electron chi connectivity index (χ3n) is 5.33. The van der Waals surface area contributed by atoms with Crippen LogP contribution in [0.15, 0.2) is 54.1 Å². The molecule has 30 heavy (non-hydrogen) atoms. The van der Waals surface area contributed by atoms with Crippen LogP contribution in [0, 0.1) is 6.92 Å². The zero-order chi connectivity index (χ0) is 22.3. The lowest BCUT2D eigenvalue weighted by molar-refractivity contribution is -0.299. The Balaban J connectivity index is 2.45. The maximum absolute atomic E-state index is 13.8. The van der Waals surface area contributed by atoms with E-state index < -0.39 is 33.5 Å². The first-order valence-corrected chi connectivity index (χ1v) is 10.6. The minimum absolute atomic E-state index is 0.0481. The molecule has 1 aliphatic heterocycles. The topological polar surface area (TPSA) is 77.5 Å². The van der Waals surface area contributed by atoms with E-state index >= 15 is 0 Å². The molecule has 0 fully saturated rings. The van der Waals surface area contributed by atoms with E-state index in [1.165, 1.54) is 49.4 Å². The van der Waals surface area contributed by atoms with Crippen molar-refractivity contribution in [1.29, 1.82) is 0 Å². The molecule has 1 aliphatic rings. The Labute approximate surface area is 172 Å². The van der Waals surface area contributed by atoms with Crippen LogP contribution in [0.2, 0.25) is 0 Å². The number of hydrogen-bond donors (Lipinski definition) is 0. The first-order chi connectivity index (χ1) is 13.9. The van der Waals surface area contributed by atoms with E-state index in [4.69, 9.17) is 0 Å². The van der Waals surface area contributed by atoms with Crippen LogP contribution in [0.4, 0.5) is 18.9 Å². The third kappa shape index (κ3) is 3.47. The van der Waals surface area contributed by atoms with Gasteiger partial charge in [0.05, 0.1) is 17.2 Å². The largest absolute Gasteiger partial charge is 0.545 e. The van der Waals surface area contributed by atoms with Crippen molar-refractivity contribution < 1.29 is 31.5 Å². The quantitative estimate of drug-likeness (QED) is 0.732. The molecule has 2 aromatic rings. The van der Waals surface area contributed by atoms with E-state index in [-0.39, 0.29) is 28.8 Å². The number of anilines is 1. The van der Waals surface area contributed by atoms with Gasteiger partial charge in [-0.05, 0) is 42.2 Å². The van der Waals surface area contributed by atoms with Crippen LogP contribution >= 0.6 is 0 Å². The van der Waals surface area contributed by atoms with Gasteiger partial charge in [-0.3, -0.25) is 4.31 Å². The number of carbonyl (C=O) groups is 1. The Hall–Kier alpha value is -2.81. The number of fused-ring (bicyclic) bond motifs is 1. The molecule has 1 heterocycles. The fourth-order valence-electron chi connectivity index (χ4n) is 3.80. The zero-order valence-corrected chi connectivity index (χ0v) is 17.0. The van der Waals surface area contributed by atoms with Crippen molar-refractivity contribution in [3.8, 4) is 0 Å². The Kier molecular flexibility index (Phi) is 5.44. The molecule has 0 saturated heterocycles. The molecule has 0 radical (unpaired) electrons. The number of carboxylic acid groups (broad SMARTS) is 1. The van der Waals surface area contributed by atoms with E-state index in [0.29, 0.717) is 4.31 Å². The maximum atomic E-state index is 13.8. The summed E-state index contributed by atoms with van der Waals surface area (Å²) in [6.45, 7) is 3.31. The van der Waals surface area contributed by atoms with Gasteiger partial charge in [0.1, 0.15) is 0 Å². The molecule has 0 amide bonds. The smallest absolute Gasteiger partial charge is 0.516 e. The van der Waals surface area contributed by atoms with Crippen molar-refractivity contribution in [2.24, 2.45) is 0 Å². The van der Waals surface area contributed by atoms with E-state index in [2.05, 4.69) is 0 Å². The molecular formula is C21H19F3NO4S-. The summed E-state index contributed by atoms with van der Waals surface area (Å²) in [4.78, 5) is 11.8. The average molecular weight is 438 g/mol. The van der Waals surface area contributed by atoms with Crippen molar-refractivity contribution >= 4 is 27.8 Å². The molecular weight excluding hydrogens is 419 g/mol. The highest BCUT2D eigenvalue weighted by Gasteiger charge is 2.57. The molecule has 0 spiro atoms. The molecule has 0 aromatic heterocycles. The number of benzene rings is 2. The van der Waals surface area contributed by atoms with Gasteiger partial charge in [0, 0.05) is 6.42 Å². The Morgan fingerprint density at radius 2 is 1.73 bits per heavy atom. The van der Waals surface area contributed by atoms with Crippen molar-refractivity contribution in [3.63, 3.8) is 0 Å². The molecule has 0 aliphatic carbocycles. The molecule has 9 heteroatoms. The number of hydrogen-bond acceptors (Lipinski definition) is 4. The van der Waals surface area contributed by atoms with Gasteiger partial charge in [-0.2, -0.15) is 21.6 Å². The number of sulfonamides is 1. The second-order valence-corrected chi connectivity index (χ2v) is 8.94. The SMILES string of the molecule is CCC1(c2ccc(C)cc2)CC(C(=O)[O-])=Cc2ccccc2N1S(=O)(=O)C(F)(F)F. The number of halogens is 3. The number of para-hydroxylation sites is 1. The molecule has 160 valence electrons. The van der Waals surface area contributed by atoms with Gasteiger partial charge in [0.25, 0.3) is 0 Å². The fraction of sp³-hybridized carbons (Fsp3) is 0.286. The van der Waals surface area contributed by atoms with Crippen LogP contribution in [-0.4, -0.2) is 19.9 Å². The summed E-state index contributed by atoms with van der Waals surface area (Å²) in [7, 11) is -5.88. The highest BCUT2D eigenvalue weighted by atomic mass is 32.2. The summed E-state index contributed by atoms with van der Waals surface area (Å²) in [5.41, 5.74) is -6.81. The molecule has 5 nitrogen and oxygen atoms in total. The summed E-state index contributed by atoms with van der Waals surface area (Å²) in [6.07, 6.45) is 0.582. The van der Waals surface area contributed by atoms with Gasteiger partial charge in [0.2, 0.25) is 0 Å². The fourth-order valence-corrected chi connectivity index (χ4v) is 5.19. The zero-order valence-electron chi connectivity index (χ0n) is 16.2. The first kappa shape index (κ1) is 21.9. The van der Waals surface area contributed by atoms with Crippen LogP contribution in [0.5, 0.6) is 0 Å². The molecule has 1 atom stereocenters. The number of carboxylic acids is 1. The van der Waals surface area contributed by atoms with Crippen molar-refractivity contribution in [3.05, 3.63) is 70.8 Å². The number of alkyl halides is 3. The highest BCUT2D eigenvalue weighted by Crippen LogP contribution is 2.49. The minimum Gasteiger partial charge on any atom is -0.545 e. The highest BCUT2D eigenvalue weighted by molar-refractivity contribution is 7.93. The molecule has 0 N–H and O–H groups in total. The molecule has 0 saturated carbocycles. The van der Waals surface area contributed by atoms with Gasteiger partial charge in [-0.15, -0.1) is 0 Å². The number of rotatable bonds is 4. The summed E-state index contributed by atoms with van der Waals surface area (Å²) in [5, 5.41) is 11.8. The van der Waals surface area contributed by atoms with E-state index in [1.807, 2.05) is 0 Å². The lowest BCUT2D eigenvalue weighted by atomic mass is 9.81. The van der Waals surface area contributed by atoms with Crippen molar-refractivity contribution in [1.82, 2.24) is 0 Å². The maximum Gasteiger partial charge on any atom is 0.516 e. The molecule has 1 unspecified atom stereocenters. The van der Waals surface area contributed by atoms with Crippen LogP contribution in [-0.2, 0) is 20.4 Å². The number of aryl methyl sites for hydroxylation is 1. The van der Waals surface area contributed by atoms with Gasteiger partial charge < -0.3 is 9.90 Å². The van der Waals surface area contributed by atoms with Gasteiger partial charge in [-0.25, -0.2) is 0 Å². The lowest BCUT2D eigenvalue weighted by Gasteiger charge is -2.44. The van der Waals surface area contributed by atoms with Crippen LogP contribution in [0.3, 0.4) is 0 Å². The molecule has 0 bridgehead atoms. The summed E-state index contributed by atoms with van der Waals surface area (Å²) in [5.74, 6) is -1.57. The first-order valence-electron chi connectivity index (χ1n) is 9.14. The number of aliphatic carboxylic acids is 1. The van der Waals surface area contributed by atoms with Crippen LogP contribution < -0.4 is 9.41 Å². The standard InChI is InChI=1S/C21H20F3NO4S/c1-3-20(17-10-8-14(2)9-11-17)13-16(19(26)27)12-15-6-4-5-7-18(15)25(20)30(28,29)21(22,23)24/h4-12H,3,13H2,1-2H3,(H,26,27)/p-1. The average Bonchev–Trinajstić information content (AvgIpc) is 2.83. The predicted molar refractivity (Wildman–Crippen MR) is 105 cm³/mol. The number of carbonyl (C=O) groups excluding carboxylic acids is 1. The lowest BCUT2D eigenvalue weighted by Crippen LogP contribution is -2.54. The number of nitrogens with zero attached hydrogens (tertiary/aromatic N) is 1. The van der Waals surface area contributed by atoms with Gasteiger partial charge in [-0.1, -0.05) is 55.0 Å². The molecule has 3 rings (SSSR count). The Morgan fingerprint density at radius 1 is 1.13 bits per heavy atom. The summed E-state index contributed by atoms with van der Waals surface area (Å²) < 4.78 is 67.4. The molecule has 2 aromatic carbocycles. The van der Waals surface area contributed by atoms with Gasteiger partial charge in [0.15, 0.2) is 0 Å². The Morgan fingerprint density at radius 3 is 2.27 bits per heavy atom. The second kappa shape index (κ2) is 7.46. The summed E-state index contributed by atoms with van der Waals surface area (Å²) in [6, 6.07) is 11.9. The van der Waals surface area contributed by atoms with Crippen LogP contribution in [0.1, 0.15) is 36.5 Å². The predicted octanol–water partition coefficient (Wildman–Crippen LogP) is 3.49. The van der Waals surface area contributed by atoms with Crippen LogP contribution in [0.25, 0.3) is 6.08 Å². The van der Waals surface area contributed by atoms with Crippen molar-refractivity contribution in [2.75, 3.05) is 4.31 Å². The van der Waals surface area contributed by atoms with Crippen molar-refractivity contribution in [2.45, 2.75) is 37.7 Å². The van der Waals surface area contributed by atoms with E-state index in [0.717, 1.165) is 5.56 Å². The third-order valence-corrected chi connectivity index (χ3v) is 6.94. The van der Waals surface area contributed by atoms with E-state index in [9.17, 15) is 31.5 Å². The second-order valence-electron chi connectivity index (χ2n) is 7.16. The normalized spacial score (nSPS) is 19.6. The van der Waals surface area contributed by atoms with Gasteiger partial charge >= 0.3 is 15.5 Å². The minimum atomic E-state index is -5.88. The monoisotopic (exact) mass is 438 g/mol. The Bertz CT molecular complexity index is 1110. The van der Waals surface area contributed by atoms with E-state index in [1.54, 1.807) is 19.1 Å².